The zero-order valence-corrected chi connectivity index (χ0v) is 17.4. The number of hydrogen-bond acceptors (Lipinski definition) is 5. The van der Waals surface area contributed by atoms with Gasteiger partial charge < -0.3 is 9.64 Å². The fourth-order valence-corrected chi connectivity index (χ4v) is 4.90. The van der Waals surface area contributed by atoms with Crippen LogP contribution in [0.1, 0.15) is 69.7 Å². The van der Waals surface area contributed by atoms with Crippen molar-refractivity contribution < 1.29 is 9.53 Å². The van der Waals surface area contributed by atoms with Gasteiger partial charge in [-0.15, -0.1) is 0 Å². The van der Waals surface area contributed by atoms with Gasteiger partial charge in [0.05, 0.1) is 6.10 Å². The molecule has 6 nitrogen and oxygen atoms in total. The number of nitrogens with zero attached hydrogens (tertiary/aromatic N) is 4. The topological polar surface area (TPSA) is 58.6 Å². The van der Waals surface area contributed by atoms with Crippen LogP contribution in [0.25, 0.3) is 0 Å². The highest BCUT2D eigenvalue weighted by atomic mass is 16.5. The number of aromatic nitrogens is 2. The number of hydrogen-bond donors (Lipinski definition) is 0. The molecule has 0 bridgehead atoms. The Hall–Kier alpha value is -1.53. The Kier molecular flexibility index (Phi) is 5.97. The van der Waals surface area contributed by atoms with Gasteiger partial charge >= 0.3 is 0 Å². The summed E-state index contributed by atoms with van der Waals surface area (Å²) < 4.78 is 5.77. The van der Waals surface area contributed by atoms with E-state index in [1.54, 1.807) is 0 Å². The lowest BCUT2D eigenvalue weighted by molar-refractivity contribution is -0.141. The van der Waals surface area contributed by atoms with Crippen LogP contribution in [0.5, 0.6) is 0 Å². The van der Waals surface area contributed by atoms with Gasteiger partial charge in [-0.25, -0.2) is 9.97 Å². The minimum Gasteiger partial charge on any atom is -0.376 e. The SMILES string of the molecule is CC(C)c1ncc(CN2CCC3(CCC(=O)N(C[C@@H]4CCCO4)C3)CC2)cn1. The largest absolute Gasteiger partial charge is 0.376 e. The molecule has 1 aromatic rings. The Morgan fingerprint density at radius 3 is 2.61 bits per heavy atom. The summed E-state index contributed by atoms with van der Waals surface area (Å²) in [4.78, 5) is 26.1. The second kappa shape index (κ2) is 8.46. The molecule has 0 N–H and O–H groups in total. The van der Waals surface area contributed by atoms with Crippen LogP contribution in [0.2, 0.25) is 0 Å². The van der Waals surface area contributed by atoms with Crippen LogP contribution in [0.4, 0.5) is 0 Å². The lowest BCUT2D eigenvalue weighted by Crippen LogP contribution is -2.52. The first-order valence-electron chi connectivity index (χ1n) is 11.0. The molecule has 3 aliphatic heterocycles. The van der Waals surface area contributed by atoms with Gasteiger partial charge in [0.15, 0.2) is 0 Å². The van der Waals surface area contributed by atoms with Gasteiger partial charge in [0.1, 0.15) is 5.82 Å². The highest BCUT2D eigenvalue weighted by Crippen LogP contribution is 2.40. The second-order valence-corrected chi connectivity index (χ2v) is 9.29. The first-order chi connectivity index (χ1) is 13.5. The van der Waals surface area contributed by atoms with Gasteiger partial charge in [-0.1, -0.05) is 13.8 Å². The molecule has 28 heavy (non-hydrogen) atoms. The van der Waals surface area contributed by atoms with Crippen molar-refractivity contribution in [3.63, 3.8) is 0 Å². The maximum Gasteiger partial charge on any atom is 0.222 e. The third-order valence-electron chi connectivity index (χ3n) is 6.76. The first kappa shape index (κ1) is 19.8. The van der Waals surface area contributed by atoms with Crippen molar-refractivity contribution in [2.45, 2.75) is 70.9 Å². The summed E-state index contributed by atoms with van der Waals surface area (Å²) in [7, 11) is 0. The lowest BCUT2D eigenvalue weighted by atomic mass is 9.72. The van der Waals surface area contributed by atoms with Gasteiger partial charge in [-0.3, -0.25) is 9.69 Å². The number of carbonyl (C=O) groups is 1. The van der Waals surface area contributed by atoms with E-state index < -0.39 is 0 Å². The van der Waals surface area contributed by atoms with E-state index in [4.69, 9.17) is 4.74 Å². The summed E-state index contributed by atoms with van der Waals surface area (Å²) >= 11 is 0. The van der Waals surface area contributed by atoms with Gasteiger partial charge in [-0.05, 0) is 50.6 Å². The summed E-state index contributed by atoms with van der Waals surface area (Å²) in [6.07, 6.45) is 10.6. The summed E-state index contributed by atoms with van der Waals surface area (Å²) in [5, 5.41) is 0. The Morgan fingerprint density at radius 1 is 1.21 bits per heavy atom. The van der Waals surface area contributed by atoms with E-state index in [1.165, 1.54) is 18.4 Å². The molecular formula is C22H34N4O2. The molecule has 3 fully saturated rings. The second-order valence-electron chi connectivity index (χ2n) is 9.29. The van der Waals surface area contributed by atoms with Crippen molar-refractivity contribution in [3.05, 3.63) is 23.8 Å². The van der Waals surface area contributed by atoms with E-state index in [0.717, 1.165) is 64.4 Å². The Balaban J connectivity index is 1.30. The van der Waals surface area contributed by atoms with Crippen LogP contribution in [0, 0.1) is 5.41 Å². The minimum atomic E-state index is 0.257. The van der Waals surface area contributed by atoms with Crippen LogP contribution in [-0.4, -0.2) is 64.6 Å². The van der Waals surface area contributed by atoms with Crippen LogP contribution >= 0.6 is 0 Å². The number of carbonyl (C=O) groups excluding carboxylic acids is 1. The Morgan fingerprint density at radius 2 is 1.96 bits per heavy atom. The zero-order valence-electron chi connectivity index (χ0n) is 17.4. The predicted octanol–water partition coefficient (Wildman–Crippen LogP) is 2.98. The monoisotopic (exact) mass is 386 g/mol. The van der Waals surface area contributed by atoms with Crippen LogP contribution in [0.15, 0.2) is 12.4 Å². The molecule has 6 heteroatoms. The fourth-order valence-electron chi connectivity index (χ4n) is 4.90. The third-order valence-corrected chi connectivity index (χ3v) is 6.76. The number of rotatable bonds is 5. The molecule has 1 spiro atoms. The van der Waals surface area contributed by atoms with Crippen molar-refractivity contribution >= 4 is 5.91 Å². The molecule has 0 aromatic carbocycles. The third kappa shape index (κ3) is 4.54. The lowest BCUT2D eigenvalue weighted by Gasteiger charge is -2.47. The van der Waals surface area contributed by atoms with Gasteiger partial charge in [-0.2, -0.15) is 0 Å². The van der Waals surface area contributed by atoms with E-state index in [9.17, 15) is 4.79 Å². The normalized spacial score (nSPS) is 25.8. The molecule has 4 heterocycles. The van der Waals surface area contributed by atoms with Crippen LogP contribution in [0.3, 0.4) is 0 Å². The molecule has 1 aromatic heterocycles. The molecule has 1 atom stereocenters. The standard InChI is InChI=1S/C22H34N4O2/c1-17(2)21-23-12-18(13-24-21)14-25-9-7-22(8-10-25)6-5-20(27)26(16-22)15-19-4-3-11-28-19/h12-13,17,19H,3-11,14-16H2,1-2H3/t19-/m0/s1. The van der Waals surface area contributed by atoms with E-state index in [2.05, 4.69) is 33.6 Å². The molecule has 0 aliphatic carbocycles. The van der Waals surface area contributed by atoms with Crippen molar-refractivity contribution in [1.29, 1.82) is 0 Å². The summed E-state index contributed by atoms with van der Waals surface area (Å²) in [6, 6.07) is 0. The summed E-state index contributed by atoms with van der Waals surface area (Å²) in [5.74, 6) is 1.61. The number of likely N-dealkylation sites (tertiary alicyclic amines) is 2. The van der Waals surface area contributed by atoms with Crippen LogP contribution < -0.4 is 0 Å². The molecule has 3 saturated heterocycles. The fraction of sp³-hybridized carbons (Fsp3) is 0.773. The van der Waals surface area contributed by atoms with Gasteiger partial charge in [0.2, 0.25) is 5.91 Å². The average Bonchev–Trinajstić information content (AvgIpc) is 3.20. The number of piperidine rings is 2. The smallest absolute Gasteiger partial charge is 0.222 e. The Labute approximate surface area is 168 Å². The van der Waals surface area contributed by atoms with Crippen LogP contribution in [-0.2, 0) is 16.1 Å². The van der Waals surface area contributed by atoms with Gasteiger partial charge in [0, 0.05) is 56.5 Å². The molecule has 0 saturated carbocycles. The molecule has 4 rings (SSSR count). The predicted molar refractivity (Wildman–Crippen MR) is 108 cm³/mol. The average molecular weight is 387 g/mol. The molecule has 0 radical (unpaired) electrons. The maximum absolute atomic E-state index is 12.4. The van der Waals surface area contributed by atoms with E-state index >= 15 is 0 Å². The molecule has 1 amide bonds. The molecule has 3 aliphatic rings. The van der Waals surface area contributed by atoms with E-state index in [-0.39, 0.29) is 6.10 Å². The molecular weight excluding hydrogens is 352 g/mol. The maximum atomic E-state index is 12.4. The highest BCUT2D eigenvalue weighted by molar-refractivity contribution is 5.77. The minimum absolute atomic E-state index is 0.257. The number of ether oxygens (including phenoxy) is 1. The van der Waals surface area contributed by atoms with E-state index in [0.29, 0.717) is 23.7 Å². The van der Waals surface area contributed by atoms with Crippen molar-refractivity contribution in [2.75, 3.05) is 32.8 Å². The van der Waals surface area contributed by atoms with Crippen molar-refractivity contribution in [2.24, 2.45) is 5.41 Å². The molecule has 0 unspecified atom stereocenters. The summed E-state index contributed by atoms with van der Waals surface area (Å²) in [6.45, 7) is 9.92. The van der Waals surface area contributed by atoms with Gasteiger partial charge in [0.25, 0.3) is 0 Å². The van der Waals surface area contributed by atoms with Crippen molar-refractivity contribution in [1.82, 2.24) is 19.8 Å². The Bertz CT molecular complexity index is 662. The van der Waals surface area contributed by atoms with E-state index in [1.807, 2.05) is 12.4 Å². The van der Waals surface area contributed by atoms with Crippen molar-refractivity contribution in [3.8, 4) is 0 Å². The zero-order chi connectivity index (χ0) is 19.6. The molecule has 154 valence electrons. The highest BCUT2D eigenvalue weighted by Gasteiger charge is 2.41. The quantitative estimate of drug-likeness (QED) is 0.779. The first-order valence-corrected chi connectivity index (χ1v) is 11.0. The number of amides is 1. The summed E-state index contributed by atoms with van der Waals surface area (Å²) in [5.41, 5.74) is 1.50.